The first-order valence-corrected chi connectivity index (χ1v) is 5.82. The van der Waals surface area contributed by atoms with E-state index in [1.807, 2.05) is 43.3 Å². The Morgan fingerprint density at radius 3 is 2.59 bits per heavy atom. The topological polar surface area (TPSA) is 49.3 Å². The minimum absolute atomic E-state index is 0.102. The van der Waals surface area contributed by atoms with Crippen LogP contribution < -0.4 is 5.32 Å². The highest BCUT2D eigenvalue weighted by Gasteiger charge is 2.13. The van der Waals surface area contributed by atoms with Crippen molar-refractivity contribution in [3.05, 3.63) is 47.5 Å². The van der Waals surface area contributed by atoms with Crippen LogP contribution in [-0.4, -0.2) is 17.6 Å². The Balaban J connectivity index is 2.72. The maximum Gasteiger partial charge on any atom is 0.247 e. The van der Waals surface area contributed by atoms with E-state index in [-0.39, 0.29) is 18.6 Å². The zero-order valence-corrected chi connectivity index (χ0v) is 10.3. The zero-order valence-electron chi connectivity index (χ0n) is 10.3. The smallest absolute Gasteiger partial charge is 0.247 e. The van der Waals surface area contributed by atoms with Crippen LogP contribution in [0.1, 0.15) is 31.9 Å². The minimum atomic E-state index is -0.344. The first kappa shape index (κ1) is 13.5. The molecule has 0 radical (unpaired) electrons. The Kier molecular flexibility index (Phi) is 5.43. The van der Waals surface area contributed by atoms with Gasteiger partial charge >= 0.3 is 0 Å². The Morgan fingerprint density at radius 2 is 2.06 bits per heavy atom. The van der Waals surface area contributed by atoms with Crippen LogP contribution in [-0.2, 0) is 4.79 Å². The largest absolute Gasteiger partial charge is 0.394 e. The molecule has 2 N–H and O–H groups in total. The predicted octanol–water partition coefficient (Wildman–Crippen LogP) is 2.19. The fourth-order valence-corrected chi connectivity index (χ4v) is 1.59. The number of aliphatic hydroxyl groups excluding tert-OH is 1. The van der Waals surface area contributed by atoms with Crippen LogP contribution in [0, 0.1) is 0 Å². The standard InChI is InChI=1S/C14H19NO2/c1-3-7-11(2)14(17)15-13(10-16)12-8-5-4-6-9-12/h4-9,13,16H,3,10H2,1-2H3,(H,15,17). The van der Waals surface area contributed by atoms with Gasteiger partial charge in [-0.2, -0.15) is 0 Å². The van der Waals surface area contributed by atoms with Gasteiger partial charge in [-0.25, -0.2) is 0 Å². The third-order valence-corrected chi connectivity index (χ3v) is 2.56. The van der Waals surface area contributed by atoms with E-state index >= 15 is 0 Å². The molecule has 0 aliphatic rings. The first-order valence-electron chi connectivity index (χ1n) is 5.82. The van der Waals surface area contributed by atoms with Crippen molar-refractivity contribution < 1.29 is 9.90 Å². The number of benzene rings is 1. The van der Waals surface area contributed by atoms with Gasteiger partial charge in [-0.05, 0) is 18.9 Å². The van der Waals surface area contributed by atoms with Gasteiger partial charge in [0.05, 0.1) is 12.6 Å². The van der Waals surface area contributed by atoms with E-state index < -0.39 is 0 Å². The van der Waals surface area contributed by atoms with Gasteiger partial charge in [-0.15, -0.1) is 0 Å². The predicted molar refractivity (Wildman–Crippen MR) is 68.5 cm³/mol. The molecule has 0 bridgehead atoms. The molecule has 1 aromatic carbocycles. The number of hydrogen-bond acceptors (Lipinski definition) is 2. The number of allylic oxidation sites excluding steroid dienone is 1. The lowest BCUT2D eigenvalue weighted by Crippen LogP contribution is -2.31. The summed E-state index contributed by atoms with van der Waals surface area (Å²) in [6.07, 6.45) is 2.70. The molecular weight excluding hydrogens is 214 g/mol. The molecule has 0 aromatic heterocycles. The van der Waals surface area contributed by atoms with Crippen LogP contribution in [0.5, 0.6) is 0 Å². The molecule has 3 heteroatoms. The molecule has 0 aliphatic heterocycles. The van der Waals surface area contributed by atoms with Gasteiger partial charge in [-0.1, -0.05) is 43.3 Å². The summed E-state index contributed by atoms with van der Waals surface area (Å²) in [5.74, 6) is -0.130. The van der Waals surface area contributed by atoms with Crippen molar-refractivity contribution >= 4 is 5.91 Å². The molecule has 92 valence electrons. The zero-order chi connectivity index (χ0) is 12.7. The van der Waals surface area contributed by atoms with Gasteiger partial charge < -0.3 is 10.4 Å². The van der Waals surface area contributed by atoms with Gasteiger partial charge in [0.25, 0.3) is 0 Å². The number of amides is 1. The lowest BCUT2D eigenvalue weighted by Gasteiger charge is -2.16. The number of carbonyl (C=O) groups excluding carboxylic acids is 1. The average Bonchev–Trinajstić information content (AvgIpc) is 2.37. The third kappa shape index (κ3) is 4.04. The quantitative estimate of drug-likeness (QED) is 0.766. The molecule has 0 saturated carbocycles. The van der Waals surface area contributed by atoms with Crippen LogP contribution >= 0.6 is 0 Å². The van der Waals surface area contributed by atoms with E-state index in [1.54, 1.807) is 6.92 Å². The van der Waals surface area contributed by atoms with Gasteiger partial charge in [0.1, 0.15) is 0 Å². The number of nitrogens with one attached hydrogen (secondary N) is 1. The van der Waals surface area contributed by atoms with Crippen molar-refractivity contribution in [2.75, 3.05) is 6.61 Å². The summed E-state index contributed by atoms with van der Waals surface area (Å²) in [7, 11) is 0. The number of carbonyl (C=O) groups is 1. The van der Waals surface area contributed by atoms with Gasteiger partial charge in [-0.3, -0.25) is 4.79 Å². The minimum Gasteiger partial charge on any atom is -0.394 e. The van der Waals surface area contributed by atoms with Crippen LogP contribution in [0.4, 0.5) is 0 Å². The summed E-state index contributed by atoms with van der Waals surface area (Å²) < 4.78 is 0. The highest BCUT2D eigenvalue weighted by molar-refractivity contribution is 5.93. The summed E-state index contributed by atoms with van der Waals surface area (Å²) in [5.41, 5.74) is 1.59. The van der Waals surface area contributed by atoms with Crippen molar-refractivity contribution in [2.45, 2.75) is 26.3 Å². The molecule has 1 rings (SSSR count). The SMILES string of the molecule is CCC=C(C)C(=O)NC(CO)c1ccccc1. The normalized spacial score (nSPS) is 13.2. The first-order chi connectivity index (χ1) is 8.19. The van der Waals surface area contributed by atoms with Crippen molar-refractivity contribution in [3.63, 3.8) is 0 Å². The molecule has 0 aliphatic carbocycles. The van der Waals surface area contributed by atoms with Crippen molar-refractivity contribution in [1.82, 2.24) is 5.32 Å². The lowest BCUT2D eigenvalue weighted by atomic mass is 10.1. The second-order valence-electron chi connectivity index (χ2n) is 3.91. The van der Waals surface area contributed by atoms with E-state index in [9.17, 15) is 9.90 Å². The molecule has 1 unspecified atom stereocenters. The summed E-state index contributed by atoms with van der Waals surface area (Å²) in [5, 5.41) is 12.1. The fraction of sp³-hybridized carbons (Fsp3) is 0.357. The summed E-state index contributed by atoms with van der Waals surface area (Å²) in [6.45, 7) is 3.66. The molecular formula is C14H19NO2. The number of hydrogen-bond donors (Lipinski definition) is 2. The summed E-state index contributed by atoms with van der Waals surface area (Å²) >= 11 is 0. The van der Waals surface area contributed by atoms with Gasteiger partial charge in [0.15, 0.2) is 0 Å². The molecule has 1 atom stereocenters. The summed E-state index contributed by atoms with van der Waals surface area (Å²) in [6, 6.07) is 9.11. The van der Waals surface area contributed by atoms with Crippen LogP contribution in [0.3, 0.4) is 0 Å². The molecule has 17 heavy (non-hydrogen) atoms. The highest BCUT2D eigenvalue weighted by atomic mass is 16.3. The molecule has 0 saturated heterocycles. The fourth-order valence-electron chi connectivity index (χ4n) is 1.59. The monoisotopic (exact) mass is 233 g/mol. The van der Waals surface area contributed by atoms with Crippen molar-refractivity contribution in [1.29, 1.82) is 0 Å². The molecule has 0 spiro atoms. The number of rotatable bonds is 5. The Hall–Kier alpha value is -1.61. The van der Waals surface area contributed by atoms with Crippen molar-refractivity contribution in [2.24, 2.45) is 0 Å². The second kappa shape index (κ2) is 6.86. The maximum absolute atomic E-state index is 11.8. The van der Waals surface area contributed by atoms with E-state index in [0.717, 1.165) is 12.0 Å². The maximum atomic E-state index is 11.8. The van der Waals surface area contributed by atoms with Crippen molar-refractivity contribution in [3.8, 4) is 0 Å². The molecule has 3 nitrogen and oxygen atoms in total. The average molecular weight is 233 g/mol. The van der Waals surface area contributed by atoms with E-state index in [1.165, 1.54) is 0 Å². The van der Waals surface area contributed by atoms with Crippen LogP contribution in [0.25, 0.3) is 0 Å². The highest BCUT2D eigenvalue weighted by Crippen LogP contribution is 2.12. The van der Waals surface area contributed by atoms with Gasteiger partial charge in [0.2, 0.25) is 5.91 Å². The molecule has 1 aromatic rings. The third-order valence-electron chi connectivity index (χ3n) is 2.56. The van der Waals surface area contributed by atoms with E-state index in [0.29, 0.717) is 5.57 Å². The molecule has 1 amide bonds. The summed E-state index contributed by atoms with van der Waals surface area (Å²) in [4.78, 5) is 11.8. The second-order valence-corrected chi connectivity index (χ2v) is 3.91. The lowest BCUT2D eigenvalue weighted by molar-refractivity contribution is -0.118. The van der Waals surface area contributed by atoms with Gasteiger partial charge in [0, 0.05) is 5.57 Å². The van der Waals surface area contributed by atoms with Crippen LogP contribution in [0.15, 0.2) is 42.0 Å². The Morgan fingerprint density at radius 1 is 1.41 bits per heavy atom. The molecule has 0 fully saturated rings. The van der Waals surface area contributed by atoms with E-state index in [2.05, 4.69) is 5.32 Å². The Bertz CT molecular complexity index is 384. The number of aliphatic hydroxyl groups is 1. The molecule has 0 heterocycles. The Labute approximate surface area is 102 Å². The van der Waals surface area contributed by atoms with E-state index in [4.69, 9.17) is 0 Å². The van der Waals surface area contributed by atoms with Crippen LogP contribution in [0.2, 0.25) is 0 Å².